The highest BCUT2D eigenvalue weighted by molar-refractivity contribution is 7.98. The van der Waals surface area contributed by atoms with Crippen LogP contribution in [-0.4, -0.2) is 25.4 Å². The highest BCUT2D eigenvalue weighted by atomic mass is 32.2. The van der Waals surface area contributed by atoms with Crippen molar-refractivity contribution in [2.24, 2.45) is 5.92 Å². The van der Waals surface area contributed by atoms with Gasteiger partial charge in [-0.15, -0.1) is 5.10 Å². The van der Waals surface area contributed by atoms with Crippen molar-refractivity contribution in [1.82, 2.24) is 19.2 Å². The minimum Gasteiger partial charge on any atom is -0.268 e. The van der Waals surface area contributed by atoms with E-state index < -0.39 is 0 Å². The van der Waals surface area contributed by atoms with E-state index in [1.54, 1.807) is 4.40 Å². The van der Waals surface area contributed by atoms with Gasteiger partial charge in [0.15, 0.2) is 5.16 Å². The SMILES string of the molecule is CC[C@]1(C)Cc2ccccc2-c2nc3n(CCC(C)C)nc(SC)n3c(=O)c21. The van der Waals surface area contributed by atoms with E-state index in [2.05, 4.69) is 45.9 Å². The van der Waals surface area contributed by atoms with Crippen LogP contribution in [0.15, 0.2) is 34.2 Å². The Balaban J connectivity index is 2.06. The molecule has 0 radical (unpaired) electrons. The van der Waals surface area contributed by atoms with E-state index in [-0.39, 0.29) is 11.0 Å². The first-order valence-electron chi connectivity index (χ1n) is 10.1. The first-order chi connectivity index (χ1) is 13.4. The Labute approximate surface area is 170 Å². The second-order valence-electron chi connectivity index (χ2n) is 8.42. The molecule has 0 spiro atoms. The van der Waals surface area contributed by atoms with Crippen molar-refractivity contribution in [3.8, 4) is 11.3 Å². The lowest BCUT2D eigenvalue weighted by Gasteiger charge is -2.35. The maximum Gasteiger partial charge on any atom is 0.265 e. The summed E-state index contributed by atoms with van der Waals surface area (Å²) in [5, 5.41) is 5.44. The van der Waals surface area contributed by atoms with Gasteiger partial charge in [0, 0.05) is 17.5 Å². The molecule has 1 aromatic carbocycles. The van der Waals surface area contributed by atoms with Crippen LogP contribution in [0.5, 0.6) is 0 Å². The molecule has 1 aliphatic rings. The summed E-state index contributed by atoms with van der Waals surface area (Å²) in [6, 6.07) is 8.36. The van der Waals surface area contributed by atoms with Gasteiger partial charge >= 0.3 is 0 Å². The minimum atomic E-state index is -0.218. The van der Waals surface area contributed by atoms with E-state index in [0.29, 0.717) is 11.7 Å². The molecule has 0 saturated carbocycles. The number of nitrogens with zero attached hydrogens (tertiary/aromatic N) is 4. The Morgan fingerprint density at radius 1 is 1.29 bits per heavy atom. The van der Waals surface area contributed by atoms with Crippen LogP contribution in [0.2, 0.25) is 0 Å². The van der Waals surface area contributed by atoms with Gasteiger partial charge in [-0.1, -0.05) is 63.7 Å². The average molecular weight is 397 g/mol. The van der Waals surface area contributed by atoms with Crippen molar-refractivity contribution in [2.75, 3.05) is 6.26 Å². The summed E-state index contributed by atoms with van der Waals surface area (Å²) >= 11 is 1.50. The predicted molar refractivity (Wildman–Crippen MR) is 115 cm³/mol. The number of rotatable bonds is 5. The highest BCUT2D eigenvalue weighted by Crippen LogP contribution is 2.42. The number of hydrogen-bond donors (Lipinski definition) is 0. The first-order valence-corrected chi connectivity index (χ1v) is 11.3. The fourth-order valence-corrected chi connectivity index (χ4v) is 4.69. The number of aromatic nitrogens is 4. The van der Waals surface area contributed by atoms with Gasteiger partial charge in [-0.05, 0) is 37.0 Å². The van der Waals surface area contributed by atoms with Gasteiger partial charge in [-0.3, -0.25) is 4.79 Å². The van der Waals surface area contributed by atoms with Gasteiger partial charge in [-0.2, -0.15) is 0 Å². The van der Waals surface area contributed by atoms with Crippen molar-refractivity contribution in [3.63, 3.8) is 0 Å². The zero-order valence-corrected chi connectivity index (χ0v) is 18.1. The van der Waals surface area contributed by atoms with Crippen LogP contribution in [0, 0.1) is 5.92 Å². The third-order valence-corrected chi connectivity index (χ3v) is 6.66. The van der Waals surface area contributed by atoms with Crippen molar-refractivity contribution in [1.29, 1.82) is 0 Å². The summed E-state index contributed by atoms with van der Waals surface area (Å²) in [6.45, 7) is 9.52. The molecule has 0 aliphatic heterocycles. The summed E-state index contributed by atoms with van der Waals surface area (Å²) in [6.07, 6.45) is 4.73. The summed E-state index contributed by atoms with van der Waals surface area (Å²) in [5.41, 5.74) is 3.86. The normalized spacial score (nSPS) is 18.5. The van der Waals surface area contributed by atoms with Gasteiger partial charge in [0.05, 0.1) is 11.3 Å². The van der Waals surface area contributed by atoms with Crippen LogP contribution in [0.1, 0.15) is 51.7 Å². The van der Waals surface area contributed by atoms with E-state index in [1.165, 1.54) is 17.3 Å². The van der Waals surface area contributed by atoms with Gasteiger partial charge in [0.2, 0.25) is 5.78 Å². The van der Waals surface area contributed by atoms with E-state index in [9.17, 15) is 4.79 Å². The van der Waals surface area contributed by atoms with Crippen LogP contribution >= 0.6 is 11.8 Å². The molecule has 5 nitrogen and oxygen atoms in total. The van der Waals surface area contributed by atoms with E-state index in [1.807, 2.05) is 17.0 Å². The number of thioether (sulfide) groups is 1. The molecule has 4 rings (SSSR count). The molecule has 1 atom stereocenters. The van der Waals surface area contributed by atoms with E-state index in [4.69, 9.17) is 10.1 Å². The molecule has 0 saturated heterocycles. The molecule has 0 N–H and O–H groups in total. The predicted octanol–water partition coefficient (Wildman–Crippen LogP) is 4.55. The Bertz CT molecular complexity index is 1100. The van der Waals surface area contributed by atoms with Gasteiger partial charge in [0.25, 0.3) is 5.56 Å². The second kappa shape index (κ2) is 7.07. The lowest BCUT2D eigenvalue weighted by atomic mass is 9.69. The van der Waals surface area contributed by atoms with Crippen molar-refractivity contribution in [2.45, 2.75) is 64.1 Å². The number of fused-ring (bicyclic) bond motifs is 4. The standard InChI is InChI=1S/C22H28N4OS/c1-6-22(4)13-15-9-7-8-10-16(15)18-17(22)19(27)26-20(23-18)25(12-11-14(2)3)24-21(26)28-5/h7-10,14H,6,11-13H2,1-5H3/t22-/m1/s1. The van der Waals surface area contributed by atoms with Gasteiger partial charge < -0.3 is 0 Å². The first kappa shape index (κ1) is 19.2. The summed E-state index contributed by atoms with van der Waals surface area (Å²) < 4.78 is 3.64. The molecule has 0 amide bonds. The number of benzene rings is 1. The third kappa shape index (κ3) is 2.89. The molecular weight excluding hydrogens is 368 g/mol. The van der Waals surface area contributed by atoms with Crippen LogP contribution in [0.3, 0.4) is 0 Å². The fourth-order valence-electron chi connectivity index (χ4n) is 4.17. The van der Waals surface area contributed by atoms with Crippen molar-refractivity contribution in [3.05, 3.63) is 45.7 Å². The molecule has 2 aromatic heterocycles. The molecule has 0 unspecified atom stereocenters. The average Bonchev–Trinajstić information content (AvgIpc) is 3.04. The molecule has 0 bridgehead atoms. The van der Waals surface area contributed by atoms with Crippen LogP contribution in [-0.2, 0) is 18.4 Å². The monoisotopic (exact) mass is 396 g/mol. The molecule has 28 heavy (non-hydrogen) atoms. The Hall–Kier alpha value is -2.08. The Morgan fingerprint density at radius 3 is 2.71 bits per heavy atom. The second-order valence-corrected chi connectivity index (χ2v) is 9.19. The van der Waals surface area contributed by atoms with Gasteiger partial charge in [-0.25, -0.2) is 14.1 Å². The van der Waals surface area contributed by atoms with Crippen LogP contribution in [0.25, 0.3) is 17.0 Å². The maximum absolute atomic E-state index is 13.7. The summed E-state index contributed by atoms with van der Waals surface area (Å²) in [4.78, 5) is 18.8. The molecule has 6 heteroatoms. The fraction of sp³-hybridized carbons (Fsp3) is 0.500. The highest BCUT2D eigenvalue weighted by Gasteiger charge is 2.38. The molecule has 0 fully saturated rings. The van der Waals surface area contributed by atoms with Crippen LogP contribution < -0.4 is 5.56 Å². The summed E-state index contributed by atoms with van der Waals surface area (Å²) in [7, 11) is 0. The smallest absolute Gasteiger partial charge is 0.265 e. The van der Waals surface area contributed by atoms with E-state index >= 15 is 0 Å². The van der Waals surface area contributed by atoms with Crippen molar-refractivity contribution < 1.29 is 0 Å². The topological polar surface area (TPSA) is 52.2 Å². The minimum absolute atomic E-state index is 0.0407. The largest absolute Gasteiger partial charge is 0.268 e. The van der Waals surface area contributed by atoms with E-state index in [0.717, 1.165) is 47.8 Å². The molecule has 1 aliphatic carbocycles. The molecule has 3 aromatic rings. The number of aryl methyl sites for hydroxylation is 1. The molecule has 148 valence electrons. The quantitative estimate of drug-likeness (QED) is 0.594. The zero-order chi connectivity index (χ0) is 20.1. The Kier molecular flexibility index (Phi) is 4.86. The van der Waals surface area contributed by atoms with Crippen LogP contribution in [0.4, 0.5) is 0 Å². The lowest BCUT2D eigenvalue weighted by molar-refractivity contribution is 0.439. The summed E-state index contributed by atoms with van der Waals surface area (Å²) in [5.74, 6) is 1.22. The van der Waals surface area contributed by atoms with Crippen molar-refractivity contribution >= 4 is 17.5 Å². The van der Waals surface area contributed by atoms with Gasteiger partial charge in [0.1, 0.15) is 0 Å². The number of hydrogen-bond acceptors (Lipinski definition) is 4. The zero-order valence-electron chi connectivity index (χ0n) is 17.3. The maximum atomic E-state index is 13.7. The molecule has 2 heterocycles. The molecular formula is C22H28N4OS. The third-order valence-electron chi connectivity index (χ3n) is 6.03. The lowest BCUT2D eigenvalue weighted by Crippen LogP contribution is -2.37. The Morgan fingerprint density at radius 2 is 2.04 bits per heavy atom.